The van der Waals surface area contributed by atoms with Crippen LogP contribution in [0.4, 0.5) is 5.82 Å². The Morgan fingerprint density at radius 2 is 1.93 bits per heavy atom. The minimum atomic E-state index is -0.429. The number of nitrogens with one attached hydrogen (secondary N) is 1. The number of hydrogen-bond acceptors (Lipinski definition) is 3. The summed E-state index contributed by atoms with van der Waals surface area (Å²) in [5.41, 5.74) is 6.87. The van der Waals surface area contributed by atoms with Crippen LogP contribution in [0.2, 0.25) is 0 Å². The van der Waals surface area contributed by atoms with E-state index in [-0.39, 0.29) is 5.82 Å². The van der Waals surface area contributed by atoms with E-state index >= 15 is 0 Å². The number of aromatic nitrogens is 2. The number of nitrogens with two attached hydrogens (primary N) is 1. The van der Waals surface area contributed by atoms with Gasteiger partial charge in [0, 0.05) is 11.8 Å². The number of benzene rings is 1. The van der Waals surface area contributed by atoms with Crippen molar-refractivity contribution in [1.29, 1.82) is 0 Å². The first-order valence-electron chi connectivity index (χ1n) is 4.18. The Morgan fingerprint density at radius 1 is 1.21 bits per heavy atom. The Labute approximate surface area is 80.4 Å². The normalized spacial score (nSPS) is 10.0. The predicted octanol–water partition coefficient (Wildman–Crippen LogP) is 1.02. The van der Waals surface area contributed by atoms with Crippen molar-refractivity contribution in [3.05, 3.63) is 47.0 Å². The summed E-state index contributed by atoms with van der Waals surface area (Å²) in [6.45, 7) is 0. The third-order valence-electron chi connectivity index (χ3n) is 1.92. The van der Waals surface area contributed by atoms with E-state index in [4.69, 9.17) is 5.73 Å². The van der Waals surface area contributed by atoms with Gasteiger partial charge in [0.1, 0.15) is 5.82 Å². The lowest BCUT2D eigenvalue weighted by atomic mass is 10.1. The molecule has 4 heteroatoms. The molecule has 2 aromatic rings. The van der Waals surface area contributed by atoms with E-state index in [9.17, 15) is 4.79 Å². The first kappa shape index (κ1) is 8.50. The van der Waals surface area contributed by atoms with E-state index in [1.807, 2.05) is 30.3 Å². The topological polar surface area (TPSA) is 71.8 Å². The van der Waals surface area contributed by atoms with Crippen LogP contribution in [0.15, 0.2) is 41.3 Å². The SMILES string of the molecule is Nc1nc(=O)[nH]cc1-c1ccccc1. The Bertz CT molecular complexity index is 490. The van der Waals surface area contributed by atoms with Crippen LogP contribution < -0.4 is 11.4 Å². The minimum Gasteiger partial charge on any atom is -0.383 e. The summed E-state index contributed by atoms with van der Waals surface area (Å²) >= 11 is 0. The van der Waals surface area contributed by atoms with Crippen molar-refractivity contribution < 1.29 is 0 Å². The van der Waals surface area contributed by atoms with E-state index in [0.29, 0.717) is 0 Å². The van der Waals surface area contributed by atoms with Crippen LogP contribution >= 0.6 is 0 Å². The van der Waals surface area contributed by atoms with Crippen molar-refractivity contribution in [2.45, 2.75) is 0 Å². The van der Waals surface area contributed by atoms with Crippen molar-refractivity contribution in [1.82, 2.24) is 9.97 Å². The molecular formula is C10H9N3O. The molecule has 1 heterocycles. The van der Waals surface area contributed by atoms with Gasteiger partial charge in [0.2, 0.25) is 0 Å². The molecule has 0 saturated heterocycles. The number of aromatic amines is 1. The van der Waals surface area contributed by atoms with E-state index < -0.39 is 5.69 Å². The molecule has 0 atom stereocenters. The minimum absolute atomic E-state index is 0.250. The number of nitrogen functional groups attached to an aromatic ring is 1. The standard InChI is InChI=1S/C10H9N3O/c11-9-8(6-12-10(14)13-9)7-4-2-1-3-5-7/h1-6H,(H3,11,12,13,14). The van der Waals surface area contributed by atoms with Gasteiger partial charge in [-0.15, -0.1) is 0 Å². The summed E-state index contributed by atoms with van der Waals surface area (Å²) in [7, 11) is 0. The lowest BCUT2D eigenvalue weighted by molar-refractivity contribution is 1.09. The first-order valence-corrected chi connectivity index (χ1v) is 4.18. The zero-order valence-electron chi connectivity index (χ0n) is 7.40. The van der Waals surface area contributed by atoms with Crippen LogP contribution in [-0.4, -0.2) is 9.97 Å². The molecule has 14 heavy (non-hydrogen) atoms. The number of H-pyrrole nitrogens is 1. The molecule has 0 amide bonds. The van der Waals surface area contributed by atoms with Gasteiger partial charge in [-0.2, -0.15) is 4.98 Å². The maximum Gasteiger partial charge on any atom is 0.346 e. The molecule has 0 saturated carbocycles. The van der Waals surface area contributed by atoms with Gasteiger partial charge in [-0.1, -0.05) is 30.3 Å². The first-order chi connectivity index (χ1) is 6.77. The largest absolute Gasteiger partial charge is 0.383 e. The van der Waals surface area contributed by atoms with Crippen molar-refractivity contribution in [3.63, 3.8) is 0 Å². The van der Waals surface area contributed by atoms with Crippen molar-refractivity contribution in [2.75, 3.05) is 5.73 Å². The maximum atomic E-state index is 10.8. The van der Waals surface area contributed by atoms with E-state index in [2.05, 4.69) is 9.97 Å². The van der Waals surface area contributed by atoms with Gasteiger partial charge in [0.15, 0.2) is 0 Å². The molecule has 0 unspecified atom stereocenters. The second-order valence-electron chi connectivity index (χ2n) is 2.87. The van der Waals surface area contributed by atoms with Gasteiger partial charge >= 0.3 is 5.69 Å². The highest BCUT2D eigenvalue weighted by molar-refractivity contribution is 5.72. The fourth-order valence-electron chi connectivity index (χ4n) is 1.26. The van der Waals surface area contributed by atoms with Gasteiger partial charge in [0.25, 0.3) is 0 Å². The molecule has 0 radical (unpaired) electrons. The lowest BCUT2D eigenvalue weighted by Crippen LogP contribution is -2.12. The van der Waals surface area contributed by atoms with E-state index in [0.717, 1.165) is 11.1 Å². The number of anilines is 1. The lowest BCUT2D eigenvalue weighted by Gasteiger charge is -2.02. The molecule has 3 N–H and O–H groups in total. The fraction of sp³-hybridized carbons (Fsp3) is 0. The highest BCUT2D eigenvalue weighted by atomic mass is 16.1. The molecule has 70 valence electrons. The second kappa shape index (κ2) is 3.33. The van der Waals surface area contributed by atoms with Gasteiger partial charge in [0.05, 0.1) is 0 Å². The highest BCUT2D eigenvalue weighted by Gasteiger charge is 2.02. The average Bonchev–Trinajstić information content (AvgIpc) is 2.19. The van der Waals surface area contributed by atoms with Gasteiger partial charge in [-0.25, -0.2) is 4.79 Å². The average molecular weight is 187 g/mol. The Balaban J connectivity index is 2.58. The predicted molar refractivity (Wildman–Crippen MR) is 54.7 cm³/mol. The quantitative estimate of drug-likeness (QED) is 0.700. The number of rotatable bonds is 1. The molecule has 1 aromatic heterocycles. The van der Waals surface area contributed by atoms with Crippen LogP contribution in [0.25, 0.3) is 11.1 Å². The summed E-state index contributed by atoms with van der Waals surface area (Å²) in [5, 5.41) is 0. The van der Waals surface area contributed by atoms with Crippen LogP contribution in [-0.2, 0) is 0 Å². The van der Waals surface area contributed by atoms with Crippen LogP contribution in [0.3, 0.4) is 0 Å². The van der Waals surface area contributed by atoms with Crippen LogP contribution in [0.1, 0.15) is 0 Å². The molecular weight excluding hydrogens is 178 g/mol. The summed E-state index contributed by atoms with van der Waals surface area (Å²) in [6.07, 6.45) is 1.57. The summed E-state index contributed by atoms with van der Waals surface area (Å²) in [4.78, 5) is 16.9. The summed E-state index contributed by atoms with van der Waals surface area (Å²) < 4.78 is 0. The van der Waals surface area contributed by atoms with E-state index in [1.54, 1.807) is 6.20 Å². The Hall–Kier alpha value is -2.10. The van der Waals surface area contributed by atoms with Gasteiger partial charge in [-0.3, -0.25) is 0 Å². The summed E-state index contributed by atoms with van der Waals surface area (Å²) in [6, 6.07) is 9.54. The molecule has 1 aromatic carbocycles. The molecule has 0 aliphatic rings. The summed E-state index contributed by atoms with van der Waals surface area (Å²) in [5.74, 6) is 0.250. The monoisotopic (exact) mass is 187 g/mol. The van der Waals surface area contributed by atoms with E-state index in [1.165, 1.54) is 0 Å². The molecule has 0 spiro atoms. The van der Waals surface area contributed by atoms with Gasteiger partial charge in [-0.05, 0) is 5.56 Å². The Kier molecular flexibility index (Phi) is 2.02. The molecule has 0 fully saturated rings. The third kappa shape index (κ3) is 1.50. The van der Waals surface area contributed by atoms with Crippen LogP contribution in [0, 0.1) is 0 Å². The zero-order chi connectivity index (χ0) is 9.97. The Morgan fingerprint density at radius 3 is 2.57 bits per heavy atom. The van der Waals surface area contributed by atoms with Crippen molar-refractivity contribution in [3.8, 4) is 11.1 Å². The van der Waals surface area contributed by atoms with Gasteiger partial charge < -0.3 is 10.7 Å². The smallest absolute Gasteiger partial charge is 0.346 e. The zero-order valence-corrected chi connectivity index (χ0v) is 7.40. The molecule has 2 rings (SSSR count). The molecule has 0 aliphatic carbocycles. The maximum absolute atomic E-state index is 10.8. The third-order valence-corrected chi connectivity index (χ3v) is 1.92. The van der Waals surface area contributed by atoms with Crippen LogP contribution in [0.5, 0.6) is 0 Å². The second-order valence-corrected chi connectivity index (χ2v) is 2.87. The van der Waals surface area contributed by atoms with Crippen molar-refractivity contribution >= 4 is 5.82 Å². The van der Waals surface area contributed by atoms with Crippen molar-refractivity contribution in [2.24, 2.45) is 0 Å². The molecule has 0 aliphatic heterocycles. The fourth-order valence-corrected chi connectivity index (χ4v) is 1.26. The molecule has 0 bridgehead atoms. The number of nitrogens with zero attached hydrogens (tertiary/aromatic N) is 1. The number of hydrogen-bond donors (Lipinski definition) is 2. The molecule has 4 nitrogen and oxygen atoms in total. The highest BCUT2D eigenvalue weighted by Crippen LogP contribution is 2.20.